The van der Waals surface area contributed by atoms with E-state index >= 15 is 0 Å². The average Bonchev–Trinajstić information content (AvgIpc) is 2.80. The summed E-state index contributed by atoms with van der Waals surface area (Å²) < 4.78 is 0. The maximum absolute atomic E-state index is 2.62. The Hall–Kier alpha value is -0.780. The van der Waals surface area contributed by atoms with Crippen molar-refractivity contribution in [3.05, 3.63) is 35.5 Å². The van der Waals surface area contributed by atoms with E-state index in [2.05, 4.69) is 31.2 Å². The molecule has 0 aliphatic heterocycles. The second-order valence-corrected chi connectivity index (χ2v) is 7.11. The number of allylic oxidation sites excluding steroid dienone is 6. The van der Waals surface area contributed by atoms with Gasteiger partial charge in [0, 0.05) is 5.41 Å². The molecule has 96 valence electrons. The molecular formula is C18H24. The van der Waals surface area contributed by atoms with Crippen LogP contribution < -0.4 is 0 Å². The molecule has 0 saturated heterocycles. The second kappa shape index (κ2) is 3.85. The lowest BCUT2D eigenvalue weighted by Crippen LogP contribution is -2.37. The summed E-state index contributed by atoms with van der Waals surface area (Å²) in [6.07, 6.45) is 19.9. The molecule has 0 heterocycles. The normalized spacial score (nSPS) is 45.7. The van der Waals surface area contributed by atoms with Crippen molar-refractivity contribution in [3.63, 3.8) is 0 Å². The highest BCUT2D eigenvalue weighted by Crippen LogP contribution is 2.56. The van der Waals surface area contributed by atoms with E-state index in [4.69, 9.17) is 0 Å². The van der Waals surface area contributed by atoms with Gasteiger partial charge in [0.1, 0.15) is 0 Å². The average molecular weight is 240 g/mol. The van der Waals surface area contributed by atoms with E-state index in [1.54, 1.807) is 11.1 Å². The number of fused-ring (bicyclic) bond motifs is 5. The van der Waals surface area contributed by atoms with E-state index in [-0.39, 0.29) is 0 Å². The fraction of sp³-hybridized carbons (Fsp3) is 0.667. The molecule has 0 bridgehead atoms. The number of hydrogen-bond donors (Lipinski definition) is 0. The summed E-state index contributed by atoms with van der Waals surface area (Å²) in [5.41, 5.74) is 3.80. The molecule has 4 aliphatic rings. The highest BCUT2D eigenvalue weighted by atomic mass is 14.5. The smallest absolute Gasteiger partial charge is 0.0110 e. The minimum atomic E-state index is 0.379. The maximum Gasteiger partial charge on any atom is 0.0110 e. The zero-order valence-electron chi connectivity index (χ0n) is 11.5. The summed E-state index contributed by atoms with van der Waals surface area (Å²) in [7, 11) is 0. The zero-order chi connectivity index (χ0) is 12.2. The van der Waals surface area contributed by atoms with Crippen LogP contribution in [0.3, 0.4) is 0 Å². The topological polar surface area (TPSA) is 0 Å². The Kier molecular flexibility index (Phi) is 2.37. The van der Waals surface area contributed by atoms with Gasteiger partial charge in [-0.2, -0.15) is 0 Å². The van der Waals surface area contributed by atoms with Crippen molar-refractivity contribution in [1.29, 1.82) is 0 Å². The molecule has 0 aromatic carbocycles. The standard InChI is InChI=1S/C18H24/c1-18-11-4-7-17(18)16-9-8-13-5-2-3-6-14(13)15(16)10-12-18/h4,7,9,11,13-15H,2-3,5-6,8,10,12H2,1H3/t13?,14-,15+,18+/m0/s1. The van der Waals surface area contributed by atoms with Gasteiger partial charge in [-0.25, -0.2) is 0 Å². The molecule has 0 aromatic heterocycles. The second-order valence-electron chi connectivity index (χ2n) is 7.11. The fourth-order valence-corrected chi connectivity index (χ4v) is 5.13. The Morgan fingerprint density at radius 2 is 2.06 bits per heavy atom. The van der Waals surface area contributed by atoms with Gasteiger partial charge >= 0.3 is 0 Å². The van der Waals surface area contributed by atoms with Gasteiger partial charge < -0.3 is 0 Å². The van der Waals surface area contributed by atoms with Crippen LogP contribution in [-0.4, -0.2) is 0 Å². The van der Waals surface area contributed by atoms with Crippen LogP contribution in [0, 0.1) is 23.2 Å². The Morgan fingerprint density at radius 1 is 1.17 bits per heavy atom. The van der Waals surface area contributed by atoms with E-state index in [1.807, 2.05) is 0 Å². The fourth-order valence-electron chi connectivity index (χ4n) is 5.13. The molecule has 0 radical (unpaired) electrons. The number of hydrogen-bond acceptors (Lipinski definition) is 0. The van der Waals surface area contributed by atoms with E-state index < -0.39 is 0 Å². The predicted octanol–water partition coefficient (Wildman–Crippen LogP) is 5.04. The summed E-state index contributed by atoms with van der Waals surface area (Å²) in [6, 6.07) is 0. The minimum Gasteiger partial charge on any atom is -0.0804 e. The van der Waals surface area contributed by atoms with Gasteiger partial charge in [0.05, 0.1) is 0 Å². The van der Waals surface area contributed by atoms with Crippen molar-refractivity contribution in [2.45, 2.75) is 51.9 Å². The lowest BCUT2D eigenvalue weighted by Gasteiger charge is -2.48. The molecule has 0 spiro atoms. The molecule has 0 nitrogen and oxygen atoms in total. The Labute approximate surface area is 111 Å². The van der Waals surface area contributed by atoms with Crippen LogP contribution in [0.15, 0.2) is 35.5 Å². The minimum absolute atomic E-state index is 0.379. The first kappa shape index (κ1) is 11.1. The SMILES string of the molecule is C[C@]12C=CC=C1C1=CCC3CCCC[C@@H]3[C@H]1CC2. The molecule has 0 heteroatoms. The highest BCUT2D eigenvalue weighted by molar-refractivity contribution is 5.50. The summed E-state index contributed by atoms with van der Waals surface area (Å²) in [6.45, 7) is 2.44. The van der Waals surface area contributed by atoms with Gasteiger partial charge in [-0.05, 0) is 61.0 Å². The van der Waals surface area contributed by atoms with Gasteiger partial charge in [0.2, 0.25) is 0 Å². The quantitative estimate of drug-likeness (QED) is 0.556. The van der Waals surface area contributed by atoms with E-state index in [0.717, 1.165) is 17.8 Å². The lowest BCUT2D eigenvalue weighted by molar-refractivity contribution is 0.143. The van der Waals surface area contributed by atoms with Crippen LogP contribution in [0.5, 0.6) is 0 Å². The molecule has 18 heavy (non-hydrogen) atoms. The van der Waals surface area contributed by atoms with Gasteiger partial charge in [-0.3, -0.25) is 0 Å². The molecule has 0 N–H and O–H groups in total. The molecule has 0 amide bonds. The first-order chi connectivity index (χ1) is 8.78. The van der Waals surface area contributed by atoms with Crippen LogP contribution >= 0.6 is 0 Å². The Morgan fingerprint density at radius 3 is 3.00 bits per heavy atom. The zero-order valence-corrected chi connectivity index (χ0v) is 11.5. The molecule has 0 aromatic rings. The third-order valence-electron chi connectivity index (χ3n) is 6.15. The van der Waals surface area contributed by atoms with Crippen LogP contribution in [0.2, 0.25) is 0 Å². The Bertz CT molecular complexity index is 451. The van der Waals surface area contributed by atoms with Crippen molar-refractivity contribution in [2.24, 2.45) is 23.2 Å². The van der Waals surface area contributed by atoms with E-state index in [0.29, 0.717) is 5.41 Å². The first-order valence-electron chi connectivity index (χ1n) is 7.88. The van der Waals surface area contributed by atoms with Gasteiger partial charge in [0.25, 0.3) is 0 Å². The lowest BCUT2D eigenvalue weighted by atomic mass is 9.57. The van der Waals surface area contributed by atoms with E-state index in [1.165, 1.54) is 44.9 Å². The monoisotopic (exact) mass is 240 g/mol. The molecule has 2 fully saturated rings. The summed E-state index contributed by atoms with van der Waals surface area (Å²) in [4.78, 5) is 0. The summed E-state index contributed by atoms with van der Waals surface area (Å²) in [5.74, 6) is 2.94. The van der Waals surface area contributed by atoms with Crippen LogP contribution in [0.1, 0.15) is 51.9 Å². The van der Waals surface area contributed by atoms with Crippen molar-refractivity contribution in [1.82, 2.24) is 0 Å². The first-order valence-corrected chi connectivity index (χ1v) is 7.88. The third-order valence-corrected chi connectivity index (χ3v) is 6.15. The van der Waals surface area contributed by atoms with Crippen molar-refractivity contribution in [3.8, 4) is 0 Å². The molecular weight excluding hydrogens is 216 g/mol. The molecule has 2 saturated carbocycles. The molecule has 4 aliphatic carbocycles. The van der Waals surface area contributed by atoms with E-state index in [9.17, 15) is 0 Å². The largest absolute Gasteiger partial charge is 0.0804 e. The van der Waals surface area contributed by atoms with Crippen molar-refractivity contribution >= 4 is 0 Å². The van der Waals surface area contributed by atoms with Crippen LogP contribution in [-0.2, 0) is 0 Å². The van der Waals surface area contributed by atoms with Crippen LogP contribution in [0.4, 0.5) is 0 Å². The van der Waals surface area contributed by atoms with Gasteiger partial charge in [0.15, 0.2) is 0 Å². The predicted molar refractivity (Wildman–Crippen MR) is 76.2 cm³/mol. The molecule has 4 rings (SSSR count). The molecule has 1 unspecified atom stereocenters. The summed E-state index contributed by atoms with van der Waals surface area (Å²) in [5, 5.41) is 0. The Balaban J connectivity index is 1.71. The van der Waals surface area contributed by atoms with Gasteiger partial charge in [-0.15, -0.1) is 0 Å². The van der Waals surface area contributed by atoms with Crippen LogP contribution in [0.25, 0.3) is 0 Å². The number of rotatable bonds is 0. The maximum atomic E-state index is 2.62. The van der Waals surface area contributed by atoms with Crippen molar-refractivity contribution in [2.75, 3.05) is 0 Å². The van der Waals surface area contributed by atoms with Crippen molar-refractivity contribution < 1.29 is 0 Å². The highest BCUT2D eigenvalue weighted by Gasteiger charge is 2.44. The molecule has 4 atom stereocenters. The van der Waals surface area contributed by atoms with Gasteiger partial charge in [-0.1, -0.05) is 44.1 Å². The third kappa shape index (κ3) is 1.44. The summed E-state index contributed by atoms with van der Waals surface area (Å²) >= 11 is 0.